The Labute approximate surface area is 108 Å². The van der Waals surface area contributed by atoms with Crippen LogP contribution in [0.3, 0.4) is 0 Å². The van der Waals surface area contributed by atoms with Crippen LogP contribution in [-0.4, -0.2) is 5.91 Å². The number of nitrogens with two attached hydrogens (primary N) is 1. The van der Waals surface area contributed by atoms with Gasteiger partial charge in [-0.1, -0.05) is 12.5 Å². The molecule has 0 aromatic heterocycles. The Bertz CT molecular complexity index is 483. The number of carbonyl (C=O) groups is 1. The SMILES string of the molecule is Cc1ccc(NC(=O)C2CC3CCC2C3)cc1N. The predicted molar refractivity (Wildman–Crippen MR) is 73.2 cm³/mol. The minimum absolute atomic E-state index is 0.186. The Kier molecular flexibility index (Phi) is 2.77. The number of anilines is 2. The quantitative estimate of drug-likeness (QED) is 0.786. The normalized spacial score (nSPS) is 29.5. The van der Waals surface area contributed by atoms with Gasteiger partial charge in [0.05, 0.1) is 0 Å². The summed E-state index contributed by atoms with van der Waals surface area (Å²) in [6, 6.07) is 5.73. The van der Waals surface area contributed by atoms with Gasteiger partial charge in [-0.3, -0.25) is 4.79 Å². The number of nitrogens with one attached hydrogen (secondary N) is 1. The van der Waals surface area contributed by atoms with E-state index in [9.17, 15) is 4.79 Å². The van der Waals surface area contributed by atoms with E-state index in [4.69, 9.17) is 5.73 Å². The average Bonchev–Trinajstić information content (AvgIpc) is 2.96. The van der Waals surface area contributed by atoms with E-state index in [0.29, 0.717) is 5.92 Å². The molecule has 3 unspecified atom stereocenters. The highest BCUT2D eigenvalue weighted by Crippen LogP contribution is 2.48. The van der Waals surface area contributed by atoms with Crippen LogP contribution in [0.4, 0.5) is 11.4 Å². The van der Waals surface area contributed by atoms with Crippen LogP contribution in [0.15, 0.2) is 18.2 Å². The molecule has 3 nitrogen and oxygen atoms in total. The molecule has 0 aliphatic heterocycles. The zero-order valence-corrected chi connectivity index (χ0v) is 10.8. The highest BCUT2D eigenvalue weighted by Gasteiger charge is 2.42. The van der Waals surface area contributed by atoms with E-state index in [2.05, 4.69) is 5.32 Å². The van der Waals surface area contributed by atoms with Crippen molar-refractivity contribution in [1.82, 2.24) is 0 Å². The Balaban J connectivity index is 1.69. The first kappa shape index (κ1) is 11.6. The number of amides is 1. The molecule has 0 radical (unpaired) electrons. The van der Waals surface area contributed by atoms with E-state index < -0.39 is 0 Å². The van der Waals surface area contributed by atoms with Crippen LogP contribution in [0.5, 0.6) is 0 Å². The van der Waals surface area contributed by atoms with E-state index in [0.717, 1.165) is 29.3 Å². The van der Waals surface area contributed by atoms with E-state index in [1.54, 1.807) is 0 Å². The number of nitrogen functional groups attached to an aromatic ring is 1. The third-order valence-corrected chi connectivity index (χ3v) is 4.62. The van der Waals surface area contributed by atoms with Gasteiger partial charge in [0.15, 0.2) is 0 Å². The molecular formula is C15H20N2O. The van der Waals surface area contributed by atoms with Crippen molar-refractivity contribution in [2.75, 3.05) is 11.1 Å². The van der Waals surface area contributed by atoms with Gasteiger partial charge in [0.25, 0.3) is 0 Å². The Hall–Kier alpha value is -1.51. The van der Waals surface area contributed by atoms with Crippen molar-refractivity contribution < 1.29 is 4.79 Å². The summed E-state index contributed by atoms with van der Waals surface area (Å²) < 4.78 is 0. The smallest absolute Gasteiger partial charge is 0.227 e. The number of hydrogen-bond donors (Lipinski definition) is 2. The zero-order valence-electron chi connectivity index (χ0n) is 10.8. The lowest BCUT2D eigenvalue weighted by Gasteiger charge is -2.21. The van der Waals surface area contributed by atoms with Gasteiger partial charge in [-0.05, 0) is 55.7 Å². The summed E-state index contributed by atoms with van der Waals surface area (Å²) in [5, 5.41) is 3.02. The van der Waals surface area contributed by atoms with E-state index in [-0.39, 0.29) is 11.8 Å². The number of rotatable bonds is 2. The molecule has 96 valence electrons. The van der Waals surface area contributed by atoms with Gasteiger partial charge in [0.1, 0.15) is 0 Å². The number of hydrogen-bond acceptors (Lipinski definition) is 2. The van der Waals surface area contributed by atoms with Crippen molar-refractivity contribution in [1.29, 1.82) is 0 Å². The van der Waals surface area contributed by atoms with Gasteiger partial charge in [0, 0.05) is 17.3 Å². The number of benzene rings is 1. The number of fused-ring (bicyclic) bond motifs is 2. The third-order valence-electron chi connectivity index (χ3n) is 4.62. The molecule has 18 heavy (non-hydrogen) atoms. The van der Waals surface area contributed by atoms with Gasteiger partial charge < -0.3 is 11.1 Å². The highest BCUT2D eigenvalue weighted by molar-refractivity contribution is 5.93. The first-order chi connectivity index (χ1) is 8.63. The van der Waals surface area contributed by atoms with Crippen LogP contribution in [0.25, 0.3) is 0 Å². The molecule has 2 bridgehead atoms. The second kappa shape index (κ2) is 4.30. The summed E-state index contributed by atoms with van der Waals surface area (Å²) in [4.78, 5) is 12.2. The topological polar surface area (TPSA) is 55.1 Å². The maximum Gasteiger partial charge on any atom is 0.227 e. The molecule has 1 aromatic rings. The van der Waals surface area contributed by atoms with Crippen molar-refractivity contribution in [3.8, 4) is 0 Å². The molecule has 1 aromatic carbocycles. The van der Waals surface area contributed by atoms with Crippen LogP contribution in [-0.2, 0) is 4.79 Å². The highest BCUT2D eigenvalue weighted by atomic mass is 16.1. The number of carbonyl (C=O) groups excluding carboxylic acids is 1. The van der Waals surface area contributed by atoms with Crippen LogP contribution in [0, 0.1) is 24.7 Å². The van der Waals surface area contributed by atoms with Crippen molar-refractivity contribution in [3.05, 3.63) is 23.8 Å². The maximum absolute atomic E-state index is 12.2. The predicted octanol–water partition coefficient (Wildman–Crippen LogP) is 2.95. The molecular weight excluding hydrogens is 224 g/mol. The fourth-order valence-corrected chi connectivity index (χ4v) is 3.52. The van der Waals surface area contributed by atoms with Crippen molar-refractivity contribution in [2.24, 2.45) is 17.8 Å². The lowest BCUT2D eigenvalue weighted by molar-refractivity contribution is -0.121. The molecule has 0 heterocycles. The summed E-state index contributed by atoms with van der Waals surface area (Å²) in [5.41, 5.74) is 8.47. The molecule has 3 rings (SSSR count). The monoisotopic (exact) mass is 244 g/mol. The Morgan fingerprint density at radius 1 is 1.33 bits per heavy atom. The van der Waals surface area contributed by atoms with Gasteiger partial charge in [-0.2, -0.15) is 0 Å². The molecule has 0 saturated heterocycles. The fraction of sp³-hybridized carbons (Fsp3) is 0.533. The van der Waals surface area contributed by atoms with Gasteiger partial charge >= 0.3 is 0 Å². The minimum atomic E-state index is 0.186. The summed E-state index contributed by atoms with van der Waals surface area (Å²) in [7, 11) is 0. The molecule has 1 amide bonds. The van der Waals surface area contributed by atoms with Gasteiger partial charge in [0.2, 0.25) is 5.91 Å². The van der Waals surface area contributed by atoms with E-state index in [1.165, 1.54) is 19.3 Å². The summed E-state index contributed by atoms with van der Waals surface area (Å²) in [5.74, 6) is 1.84. The van der Waals surface area contributed by atoms with Gasteiger partial charge in [-0.25, -0.2) is 0 Å². The zero-order chi connectivity index (χ0) is 12.7. The maximum atomic E-state index is 12.2. The molecule has 3 N–H and O–H groups in total. The van der Waals surface area contributed by atoms with Crippen LogP contribution < -0.4 is 11.1 Å². The standard InChI is InChI=1S/C15H20N2O/c1-9-2-5-12(8-14(9)16)17-15(18)13-7-10-3-4-11(13)6-10/h2,5,8,10-11,13H,3-4,6-7,16H2,1H3,(H,17,18). The first-order valence-electron chi connectivity index (χ1n) is 6.80. The lowest BCUT2D eigenvalue weighted by atomic mass is 9.88. The first-order valence-corrected chi connectivity index (χ1v) is 6.80. The second-order valence-corrected chi connectivity index (χ2v) is 5.84. The molecule has 2 aliphatic carbocycles. The average molecular weight is 244 g/mol. The molecule has 0 spiro atoms. The molecule has 2 aliphatic rings. The number of aryl methyl sites for hydroxylation is 1. The second-order valence-electron chi connectivity index (χ2n) is 5.84. The molecule has 3 heteroatoms. The molecule has 2 saturated carbocycles. The Morgan fingerprint density at radius 3 is 2.78 bits per heavy atom. The van der Waals surface area contributed by atoms with Crippen molar-refractivity contribution >= 4 is 17.3 Å². The summed E-state index contributed by atoms with van der Waals surface area (Å²) >= 11 is 0. The van der Waals surface area contributed by atoms with Crippen molar-refractivity contribution in [3.63, 3.8) is 0 Å². The van der Waals surface area contributed by atoms with Gasteiger partial charge in [-0.15, -0.1) is 0 Å². The van der Waals surface area contributed by atoms with Crippen LogP contribution in [0.1, 0.15) is 31.2 Å². The Morgan fingerprint density at radius 2 is 2.17 bits per heavy atom. The van der Waals surface area contributed by atoms with Crippen molar-refractivity contribution in [2.45, 2.75) is 32.6 Å². The van der Waals surface area contributed by atoms with E-state index in [1.807, 2.05) is 25.1 Å². The van der Waals surface area contributed by atoms with E-state index >= 15 is 0 Å². The molecule has 2 fully saturated rings. The third kappa shape index (κ3) is 1.98. The summed E-state index contributed by atoms with van der Waals surface area (Å²) in [6.45, 7) is 1.97. The fourth-order valence-electron chi connectivity index (χ4n) is 3.52. The van der Waals surface area contributed by atoms with Crippen LogP contribution in [0.2, 0.25) is 0 Å². The minimum Gasteiger partial charge on any atom is -0.398 e. The molecule has 3 atom stereocenters. The lowest BCUT2D eigenvalue weighted by Crippen LogP contribution is -2.27. The largest absolute Gasteiger partial charge is 0.398 e. The van der Waals surface area contributed by atoms with Crippen LogP contribution >= 0.6 is 0 Å². The summed E-state index contributed by atoms with van der Waals surface area (Å²) in [6.07, 6.45) is 4.90.